The predicted molar refractivity (Wildman–Crippen MR) is 130 cm³/mol. The van der Waals surface area contributed by atoms with Gasteiger partial charge >= 0.3 is 0 Å². The molecular formula is C27H27N3O2. The van der Waals surface area contributed by atoms with Crippen molar-refractivity contribution < 1.29 is 9.53 Å². The van der Waals surface area contributed by atoms with Crippen LogP contribution in [0.4, 0.5) is 0 Å². The third-order valence-electron chi connectivity index (χ3n) is 5.59. The molecule has 0 spiro atoms. The van der Waals surface area contributed by atoms with E-state index in [1.165, 1.54) is 5.56 Å². The van der Waals surface area contributed by atoms with Gasteiger partial charge in [-0.15, -0.1) is 0 Å². The van der Waals surface area contributed by atoms with Crippen molar-refractivity contribution >= 4 is 23.0 Å². The number of nitrogens with one attached hydrogen (secondary N) is 1. The molecule has 1 aromatic heterocycles. The second kappa shape index (κ2) is 9.52. The zero-order chi connectivity index (χ0) is 22.5. The van der Waals surface area contributed by atoms with Crippen molar-refractivity contribution in [2.75, 3.05) is 6.61 Å². The quantitative estimate of drug-likeness (QED) is 0.318. The molecule has 0 aliphatic heterocycles. The van der Waals surface area contributed by atoms with E-state index in [4.69, 9.17) is 4.74 Å². The van der Waals surface area contributed by atoms with Crippen LogP contribution >= 0.6 is 0 Å². The molecule has 0 aliphatic rings. The molecule has 32 heavy (non-hydrogen) atoms. The van der Waals surface area contributed by atoms with Gasteiger partial charge in [-0.05, 0) is 56.2 Å². The van der Waals surface area contributed by atoms with Crippen LogP contribution in [0.25, 0.3) is 10.9 Å². The van der Waals surface area contributed by atoms with E-state index in [0.717, 1.165) is 33.5 Å². The normalized spacial score (nSPS) is 11.2. The summed E-state index contributed by atoms with van der Waals surface area (Å²) in [5, 5.41) is 5.31. The van der Waals surface area contributed by atoms with Crippen LogP contribution in [0.3, 0.4) is 0 Å². The number of amides is 1. The summed E-state index contributed by atoms with van der Waals surface area (Å²) in [5.74, 6) is 0.690. The lowest BCUT2D eigenvalue weighted by Crippen LogP contribution is -2.17. The third kappa shape index (κ3) is 4.57. The number of benzene rings is 3. The van der Waals surface area contributed by atoms with E-state index >= 15 is 0 Å². The van der Waals surface area contributed by atoms with Gasteiger partial charge in [-0.2, -0.15) is 5.10 Å². The van der Waals surface area contributed by atoms with E-state index in [2.05, 4.69) is 66.2 Å². The number of hydrazone groups is 1. The molecule has 0 unspecified atom stereocenters. The number of aromatic nitrogens is 1. The fourth-order valence-corrected chi connectivity index (χ4v) is 3.83. The summed E-state index contributed by atoms with van der Waals surface area (Å²) < 4.78 is 8.32. The predicted octanol–water partition coefficient (Wildman–Crippen LogP) is 5.41. The molecule has 4 aromatic rings. The Bertz CT molecular complexity index is 1270. The van der Waals surface area contributed by atoms with Crippen LogP contribution in [0.15, 0.2) is 77.9 Å². The highest BCUT2D eigenvalue weighted by Crippen LogP contribution is 2.25. The van der Waals surface area contributed by atoms with Gasteiger partial charge in [-0.3, -0.25) is 4.79 Å². The highest BCUT2D eigenvalue weighted by atomic mass is 16.5. The van der Waals surface area contributed by atoms with E-state index in [1.807, 2.05) is 30.3 Å². The topological polar surface area (TPSA) is 55.6 Å². The zero-order valence-electron chi connectivity index (χ0n) is 18.6. The Morgan fingerprint density at radius 1 is 1.00 bits per heavy atom. The molecule has 5 heteroatoms. The number of carbonyl (C=O) groups excluding carboxylic acids is 1. The lowest BCUT2D eigenvalue weighted by molar-refractivity contribution is 0.0955. The van der Waals surface area contributed by atoms with Crippen LogP contribution < -0.4 is 10.2 Å². The second-order valence-corrected chi connectivity index (χ2v) is 7.85. The van der Waals surface area contributed by atoms with Crippen LogP contribution in [0.5, 0.6) is 5.75 Å². The molecule has 0 atom stereocenters. The van der Waals surface area contributed by atoms with E-state index in [9.17, 15) is 4.79 Å². The maximum absolute atomic E-state index is 12.3. The first-order valence-electron chi connectivity index (χ1n) is 10.7. The Hall–Kier alpha value is -3.86. The molecular weight excluding hydrogens is 398 g/mol. The number of carbonyl (C=O) groups is 1. The molecule has 0 aliphatic carbocycles. The minimum absolute atomic E-state index is 0.231. The molecule has 3 aromatic carbocycles. The first-order valence-corrected chi connectivity index (χ1v) is 10.7. The van der Waals surface area contributed by atoms with E-state index in [0.29, 0.717) is 18.7 Å². The first kappa shape index (κ1) is 21.4. The van der Waals surface area contributed by atoms with Crippen molar-refractivity contribution in [2.45, 2.75) is 27.3 Å². The van der Waals surface area contributed by atoms with Crippen LogP contribution in [0.2, 0.25) is 0 Å². The third-order valence-corrected chi connectivity index (χ3v) is 5.59. The lowest BCUT2D eigenvalue weighted by atomic mass is 10.1. The van der Waals surface area contributed by atoms with Crippen molar-refractivity contribution in [3.05, 3.63) is 101 Å². The minimum atomic E-state index is -0.231. The average Bonchev–Trinajstić information content (AvgIpc) is 3.08. The van der Waals surface area contributed by atoms with E-state index in [-0.39, 0.29) is 5.91 Å². The van der Waals surface area contributed by atoms with Gasteiger partial charge in [-0.1, -0.05) is 48.5 Å². The summed E-state index contributed by atoms with van der Waals surface area (Å²) in [6.45, 7) is 7.47. The number of ether oxygens (including phenoxy) is 1. The van der Waals surface area contributed by atoms with Crippen LogP contribution in [-0.2, 0) is 6.54 Å². The van der Waals surface area contributed by atoms with Crippen molar-refractivity contribution in [3.8, 4) is 5.75 Å². The highest BCUT2D eigenvalue weighted by molar-refractivity contribution is 6.02. The van der Waals surface area contributed by atoms with E-state index in [1.54, 1.807) is 18.3 Å². The molecule has 1 heterocycles. The number of hydrogen-bond donors (Lipinski definition) is 1. The monoisotopic (exact) mass is 425 g/mol. The molecule has 1 N–H and O–H groups in total. The molecule has 5 nitrogen and oxygen atoms in total. The molecule has 0 fully saturated rings. The molecule has 0 radical (unpaired) electrons. The second-order valence-electron chi connectivity index (χ2n) is 7.85. The lowest BCUT2D eigenvalue weighted by Gasteiger charge is -2.12. The Morgan fingerprint density at radius 2 is 1.75 bits per heavy atom. The van der Waals surface area contributed by atoms with Crippen molar-refractivity contribution in [1.29, 1.82) is 0 Å². The first-order chi connectivity index (χ1) is 15.5. The summed E-state index contributed by atoms with van der Waals surface area (Å²) >= 11 is 0. The van der Waals surface area contributed by atoms with Gasteiger partial charge in [0.25, 0.3) is 5.91 Å². The van der Waals surface area contributed by atoms with Crippen molar-refractivity contribution in [2.24, 2.45) is 5.10 Å². The van der Waals surface area contributed by atoms with Crippen LogP contribution in [0, 0.1) is 20.8 Å². The summed E-state index contributed by atoms with van der Waals surface area (Å²) in [6.07, 6.45) is 1.72. The van der Waals surface area contributed by atoms with Crippen LogP contribution in [0.1, 0.15) is 32.7 Å². The fraction of sp³-hybridized carbons (Fsp3) is 0.185. The Labute approximate surface area is 188 Å². The largest absolute Gasteiger partial charge is 0.491 e. The van der Waals surface area contributed by atoms with Gasteiger partial charge < -0.3 is 9.30 Å². The number of hydrogen-bond acceptors (Lipinski definition) is 3. The SMILES string of the molecule is Cc1ccc(C)c(OCCn2c(C)c(/C=N/NC(=O)c3ccccc3)c3ccccc32)c1. The zero-order valence-corrected chi connectivity index (χ0v) is 18.6. The molecule has 1 amide bonds. The summed E-state index contributed by atoms with van der Waals surface area (Å²) in [4.78, 5) is 12.3. The Kier molecular flexibility index (Phi) is 6.36. The maximum atomic E-state index is 12.3. The van der Waals surface area contributed by atoms with E-state index < -0.39 is 0 Å². The van der Waals surface area contributed by atoms with Gasteiger partial charge in [0.1, 0.15) is 12.4 Å². The summed E-state index contributed by atoms with van der Waals surface area (Å²) in [7, 11) is 0. The molecule has 0 saturated heterocycles. The minimum Gasteiger partial charge on any atom is -0.491 e. The average molecular weight is 426 g/mol. The Morgan fingerprint density at radius 3 is 2.56 bits per heavy atom. The fourth-order valence-electron chi connectivity index (χ4n) is 3.83. The molecule has 0 saturated carbocycles. The number of para-hydroxylation sites is 1. The maximum Gasteiger partial charge on any atom is 0.271 e. The molecule has 0 bridgehead atoms. The van der Waals surface area contributed by atoms with Crippen molar-refractivity contribution in [3.63, 3.8) is 0 Å². The molecule has 162 valence electrons. The van der Waals surface area contributed by atoms with Gasteiger partial charge in [0.2, 0.25) is 0 Å². The number of rotatable bonds is 7. The molecule has 4 rings (SSSR count). The standard InChI is InChI=1S/C27H27N3O2/c1-19-13-14-20(2)26(17-19)32-16-15-30-21(3)24(23-11-7-8-12-25(23)30)18-28-29-27(31)22-9-5-4-6-10-22/h4-14,17-18H,15-16H2,1-3H3,(H,29,31)/b28-18+. The van der Waals surface area contributed by atoms with Gasteiger partial charge in [-0.25, -0.2) is 5.43 Å². The Balaban J connectivity index is 1.52. The highest BCUT2D eigenvalue weighted by Gasteiger charge is 2.13. The van der Waals surface area contributed by atoms with Gasteiger partial charge in [0.05, 0.1) is 12.8 Å². The summed E-state index contributed by atoms with van der Waals surface area (Å²) in [5.41, 5.74) is 8.69. The number of nitrogens with zero attached hydrogens (tertiary/aromatic N) is 2. The van der Waals surface area contributed by atoms with Crippen molar-refractivity contribution in [1.82, 2.24) is 9.99 Å². The van der Waals surface area contributed by atoms with Crippen LogP contribution in [-0.4, -0.2) is 23.3 Å². The summed E-state index contributed by atoms with van der Waals surface area (Å²) in [6, 6.07) is 23.5. The van der Waals surface area contributed by atoms with Gasteiger partial charge in [0.15, 0.2) is 0 Å². The van der Waals surface area contributed by atoms with Gasteiger partial charge in [0, 0.05) is 27.7 Å². The smallest absolute Gasteiger partial charge is 0.271 e. The number of aryl methyl sites for hydroxylation is 2. The number of fused-ring (bicyclic) bond motifs is 1.